The number of nitrogen functional groups attached to an aromatic ring is 1. The Morgan fingerprint density at radius 2 is 1.89 bits per heavy atom. The van der Waals surface area contributed by atoms with E-state index in [0.717, 1.165) is 0 Å². The molecule has 0 unspecified atom stereocenters. The van der Waals surface area contributed by atoms with E-state index in [2.05, 4.69) is 5.32 Å². The minimum absolute atomic E-state index is 0.0837. The van der Waals surface area contributed by atoms with Gasteiger partial charge in [-0.1, -0.05) is 0 Å². The number of benzene rings is 2. The molecule has 3 rings (SSSR count). The Kier molecular flexibility index (Phi) is 5.41. The van der Waals surface area contributed by atoms with Crippen LogP contribution in [0.3, 0.4) is 0 Å². The highest BCUT2D eigenvalue weighted by Gasteiger charge is 2.21. The molecule has 0 aromatic heterocycles. The van der Waals surface area contributed by atoms with Crippen LogP contribution in [0.25, 0.3) is 0 Å². The maximum atomic E-state index is 12.5. The molecular formula is C18H20N2O6S. The van der Waals surface area contributed by atoms with Crippen molar-refractivity contribution in [1.29, 1.82) is 0 Å². The molecule has 2 aromatic rings. The van der Waals surface area contributed by atoms with Crippen LogP contribution < -0.4 is 25.3 Å². The molecule has 1 aliphatic rings. The number of amides is 1. The van der Waals surface area contributed by atoms with Crippen molar-refractivity contribution >= 4 is 27.1 Å². The van der Waals surface area contributed by atoms with Gasteiger partial charge in [-0.05, 0) is 24.3 Å². The van der Waals surface area contributed by atoms with E-state index in [4.69, 9.17) is 19.9 Å². The molecule has 1 amide bonds. The number of nitrogens with one attached hydrogen (secondary N) is 1. The fraction of sp³-hybridized carbons (Fsp3) is 0.278. The summed E-state index contributed by atoms with van der Waals surface area (Å²) in [5.74, 6) is 0.615. The molecule has 0 aliphatic carbocycles. The molecule has 0 spiro atoms. The second-order valence-electron chi connectivity index (χ2n) is 5.88. The average molecular weight is 392 g/mol. The number of nitrogens with two attached hydrogens (primary N) is 1. The van der Waals surface area contributed by atoms with E-state index < -0.39 is 15.7 Å². The van der Waals surface area contributed by atoms with Gasteiger partial charge in [0, 0.05) is 18.6 Å². The fourth-order valence-corrected chi connectivity index (χ4v) is 3.80. The smallest absolute Gasteiger partial charge is 0.225 e. The lowest BCUT2D eigenvalue weighted by molar-refractivity contribution is -0.115. The highest BCUT2D eigenvalue weighted by atomic mass is 32.2. The molecule has 0 atom stereocenters. The predicted octanol–water partition coefficient (Wildman–Crippen LogP) is 1.85. The molecular weight excluding hydrogens is 372 g/mol. The molecule has 144 valence electrons. The maximum Gasteiger partial charge on any atom is 0.225 e. The van der Waals surface area contributed by atoms with E-state index in [9.17, 15) is 13.2 Å². The van der Waals surface area contributed by atoms with Crippen LogP contribution in [0.2, 0.25) is 0 Å². The lowest BCUT2D eigenvalue weighted by Gasteiger charge is -2.18. The number of fused-ring (bicyclic) bond motifs is 1. The SMILES string of the molecule is COc1ccc(N)c(NC(=O)CCS(=O)(=O)c2ccc3c(c2)OCCO3)c1. The summed E-state index contributed by atoms with van der Waals surface area (Å²) in [6.45, 7) is 0.785. The van der Waals surface area contributed by atoms with Gasteiger partial charge in [0.25, 0.3) is 0 Å². The highest BCUT2D eigenvalue weighted by molar-refractivity contribution is 7.91. The van der Waals surface area contributed by atoms with Gasteiger partial charge in [0.05, 0.1) is 29.1 Å². The number of sulfone groups is 1. The number of hydrogen-bond donors (Lipinski definition) is 2. The van der Waals surface area contributed by atoms with E-state index in [0.29, 0.717) is 41.8 Å². The summed E-state index contributed by atoms with van der Waals surface area (Å²) in [7, 11) is -2.16. The van der Waals surface area contributed by atoms with Gasteiger partial charge >= 0.3 is 0 Å². The van der Waals surface area contributed by atoms with Crippen LogP contribution in [0.4, 0.5) is 11.4 Å². The van der Waals surface area contributed by atoms with Crippen LogP contribution >= 0.6 is 0 Å². The van der Waals surface area contributed by atoms with E-state index in [-0.39, 0.29) is 17.1 Å². The minimum Gasteiger partial charge on any atom is -0.497 e. The molecule has 0 bridgehead atoms. The van der Waals surface area contributed by atoms with Gasteiger partial charge < -0.3 is 25.3 Å². The van der Waals surface area contributed by atoms with Crippen molar-refractivity contribution in [3.8, 4) is 17.2 Å². The van der Waals surface area contributed by atoms with Crippen LogP contribution in [0.15, 0.2) is 41.3 Å². The summed E-state index contributed by atoms with van der Waals surface area (Å²) in [4.78, 5) is 12.2. The monoisotopic (exact) mass is 392 g/mol. The first kappa shape index (κ1) is 18.8. The molecule has 3 N–H and O–H groups in total. The summed E-state index contributed by atoms with van der Waals surface area (Å²) in [6.07, 6.45) is -0.215. The Balaban J connectivity index is 1.66. The normalized spacial score (nSPS) is 13.1. The molecule has 8 nitrogen and oxygen atoms in total. The molecule has 27 heavy (non-hydrogen) atoms. The largest absolute Gasteiger partial charge is 0.497 e. The summed E-state index contributed by atoms with van der Waals surface area (Å²) in [6, 6.07) is 9.25. The van der Waals surface area contributed by atoms with E-state index >= 15 is 0 Å². The van der Waals surface area contributed by atoms with Crippen molar-refractivity contribution in [3.05, 3.63) is 36.4 Å². The van der Waals surface area contributed by atoms with E-state index in [1.807, 2.05) is 0 Å². The molecule has 1 heterocycles. The third-order valence-electron chi connectivity index (χ3n) is 4.01. The first-order valence-corrected chi connectivity index (χ1v) is 9.90. The molecule has 0 fully saturated rings. The number of hydrogen-bond acceptors (Lipinski definition) is 7. The summed E-state index contributed by atoms with van der Waals surface area (Å²) >= 11 is 0. The average Bonchev–Trinajstić information content (AvgIpc) is 2.68. The van der Waals surface area contributed by atoms with Crippen LogP contribution in [-0.4, -0.2) is 40.4 Å². The lowest BCUT2D eigenvalue weighted by Crippen LogP contribution is -2.19. The second-order valence-corrected chi connectivity index (χ2v) is 7.98. The van der Waals surface area contributed by atoms with Gasteiger partial charge in [0.1, 0.15) is 19.0 Å². The minimum atomic E-state index is -3.66. The number of rotatable bonds is 6. The molecule has 1 aliphatic heterocycles. The van der Waals surface area contributed by atoms with E-state index in [1.165, 1.54) is 19.2 Å². The van der Waals surface area contributed by atoms with Crippen molar-refractivity contribution in [2.24, 2.45) is 0 Å². The predicted molar refractivity (Wildman–Crippen MR) is 100 cm³/mol. The van der Waals surface area contributed by atoms with Gasteiger partial charge in [0.15, 0.2) is 21.3 Å². The fourth-order valence-electron chi connectivity index (χ4n) is 2.55. The Morgan fingerprint density at radius 1 is 1.15 bits per heavy atom. The summed E-state index contributed by atoms with van der Waals surface area (Å²) in [5, 5.41) is 2.61. The number of methoxy groups -OCH3 is 1. The summed E-state index contributed by atoms with van der Waals surface area (Å²) in [5.41, 5.74) is 6.55. The Morgan fingerprint density at radius 3 is 2.63 bits per heavy atom. The lowest BCUT2D eigenvalue weighted by atomic mass is 10.2. The molecule has 0 saturated heterocycles. The quantitative estimate of drug-likeness (QED) is 0.721. The number of carbonyl (C=O) groups excluding carboxylic acids is 1. The van der Waals surface area contributed by atoms with Crippen LogP contribution in [0.1, 0.15) is 6.42 Å². The third kappa shape index (κ3) is 4.43. The number of carbonyl (C=O) groups is 1. The van der Waals surface area contributed by atoms with Crippen molar-refractivity contribution in [2.45, 2.75) is 11.3 Å². The van der Waals surface area contributed by atoms with Gasteiger partial charge in [-0.3, -0.25) is 4.79 Å². The second kappa shape index (κ2) is 7.75. The summed E-state index contributed by atoms with van der Waals surface area (Å²) < 4.78 is 40.9. The van der Waals surface area contributed by atoms with Gasteiger partial charge in [0.2, 0.25) is 5.91 Å². The van der Waals surface area contributed by atoms with Gasteiger partial charge in [-0.15, -0.1) is 0 Å². The van der Waals surface area contributed by atoms with Crippen molar-refractivity contribution < 1.29 is 27.4 Å². The number of anilines is 2. The van der Waals surface area contributed by atoms with Crippen LogP contribution in [-0.2, 0) is 14.6 Å². The highest BCUT2D eigenvalue weighted by Crippen LogP contribution is 2.32. The van der Waals surface area contributed by atoms with E-state index in [1.54, 1.807) is 24.3 Å². The molecule has 0 radical (unpaired) electrons. The third-order valence-corrected chi connectivity index (χ3v) is 5.72. The molecule has 0 saturated carbocycles. The zero-order chi connectivity index (χ0) is 19.4. The number of ether oxygens (including phenoxy) is 3. The zero-order valence-corrected chi connectivity index (χ0v) is 15.5. The first-order chi connectivity index (χ1) is 12.9. The molecule has 2 aromatic carbocycles. The van der Waals surface area contributed by atoms with Crippen molar-refractivity contribution in [3.63, 3.8) is 0 Å². The van der Waals surface area contributed by atoms with Crippen molar-refractivity contribution in [2.75, 3.05) is 37.1 Å². The Labute approximate surface area is 157 Å². The van der Waals surface area contributed by atoms with Crippen LogP contribution in [0, 0.1) is 0 Å². The topological polar surface area (TPSA) is 117 Å². The standard InChI is InChI=1S/C18H20N2O6S/c1-24-12-2-4-14(19)15(10-12)20-18(21)6-9-27(22,23)13-3-5-16-17(11-13)26-8-7-25-16/h2-5,10-11H,6-9,19H2,1H3,(H,20,21). The zero-order valence-electron chi connectivity index (χ0n) is 14.7. The Hall–Kier alpha value is -2.94. The van der Waals surface area contributed by atoms with Crippen molar-refractivity contribution in [1.82, 2.24) is 0 Å². The van der Waals surface area contributed by atoms with Gasteiger partial charge in [-0.25, -0.2) is 8.42 Å². The Bertz CT molecular complexity index is 958. The maximum absolute atomic E-state index is 12.5. The van der Waals surface area contributed by atoms with Gasteiger partial charge in [-0.2, -0.15) is 0 Å². The first-order valence-electron chi connectivity index (χ1n) is 8.25. The van der Waals surface area contributed by atoms with Crippen LogP contribution in [0.5, 0.6) is 17.2 Å². The molecule has 9 heteroatoms.